The molecule has 1 amide bonds. The minimum atomic E-state index is 0.0450. The monoisotopic (exact) mass is 337 g/mol. The molecule has 0 saturated carbocycles. The van der Waals surface area contributed by atoms with E-state index in [-0.39, 0.29) is 5.91 Å². The molecule has 25 heavy (non-hydrogen) atoms. The second kappa shape index (κ2) is 7.23. The van der Waals surface area contributed by atoms with E-state index in [2.05, 4.69) is 34.1 Å². The molecular formula is C20H23N3O2. The first kappa shape index (κ1) is 16.1. The van der Waals surface area contributed by atoms with E-state index < -0.39 is 0 Å². The maximum Gasteiger partial charge on any atom is 0.255 e. The number of hydrogen-bond donors (Lipinski definition) is 0. The Labute approximate surface area is 148 Å². The number of morpholine rings is 1. The zero-order valence-corrected chi connectivity index (χ0v) is 14.4. The molecule has 130 valence electrons. The molecule has 0 bridgehead atoms. The number of anilines is 1. The Morgan fingerprint density at radius 2 is 1.80 bits per heavy atom. The number of fused-ring (bicyclic) bond motifs is 1. The maximum atomic E-state index is 12.5. The molecule has 0 aliphatic carbocycles. The summed E-state index contributed by atoms with van der Waals surface area (Å²) in [6.07, 6.45) is 3.94. The van der Waals surface area contributed by atoms with Crippen LogP contribution in [0.25, 0.3) is 0 Å². The third-order valence-corrected chi connectivity index (χ3v) is 4.97. The second-order valence-corrected chi connectivity index (χ2v) is 6.60. The molecule has 1 aromatic carbocycles. The third kappa shape index (κ3) is 3.51. The maximum absolute atomic E-state index is 12.5. The van der Waals surface area contributed by atoms with Crippen molar-refractivity contribution in [3.8, 4) is 0 Å². The van der Waals surface area contributed by atoms with Crippen LogP contribution in [-0.2, 0) is 17.7 Å². The number of ether oxygens (including phenoxy) is 1. The highest BCUT2D eigenvalue weighted by atomic mass is 16.5. The van der Waals surface area contributed by atoms with Crippen LogP contribution in [0, 0.1) is 0 Å². The standard InChI is InChI=1S/C20H23N3O2/c24-20(22-10-12-25-13-11-22)17-7-8-19(21-14-17)23-9-3-6-16-4-1-2-5-18(16)15-23/h1-2,4-5,7-8,14H,3,6,9-13,15H2. The van der Waals surface area contributed by atoms with Crippen molar-refractivity contribution >= 4 is 11.7 Å². The smallest absolute Gasteiger partial charge is 0.255 e. The van der Waals surface area contributed by atoms with Gasteiger partial charge in [-0.3, -0.25) is 4.79 Å². The topological polar surface area (TPSA) is 45.7 Å². The molecule has 1 fully saturated rings. The van der Waals surface area contributed by atoms with Crippen LogP contribution in [0.3, 0.4) is 0 Å². The lowest BCUT2D eigenvalue weighted by atomic mass is 10.0. The van der Waals surface area contributed by atoms with Crippen molar-refractivity contribution in [1.82, 2.24) is 9.88 Å². The summed E-state index contributed by atoms with van der Waals surface area (Å²) in [5, 5.41) is 0. The van der Waals surface area contributed by atoms with E-state index in [1.54, 1.807) is 6.20 Å². The lowest BCUT2D eigenvalue weighted by Crippen LogP contribution is -2.40. The summed E-state index contributed by atoms with van der Waals surface area (Å²) in [6, 6.07) is 12.5. The summed E-state index contributed by atoms with van der Waals surface area (Å²) >= 11 is 0. The fraction of sp³-hybridized carbons (Fsp3) is 0.400. The SMILES string of the molecule is O=C(c1ccc(N2CCCc3ccccc3C2)nc1)N1CCOCC1. The minimum Gasteiger partial charge on any atom is -0.378 e. The highest BCUT2D eigenvalue weighted by Crippen LogP contribution is 2.22. The van der Waals surface area contributed by atoms with E-state index in [0.29, 0.717) is 31.9 Å². The van der Waals surface area contributed by atoms with Gasteiger partial charge in [0.25, 0.3) is 5.91 Å². The predicted octanol–water partition coefficient (Wildman–Crippen LogP) is 2.51. The first-order chi connectivity index (χ1) is 12.3. The Morgan fingerprint density at radius 3 is 2.56 bits per heavy atom. The minimum absolute atomic E-state index is 0.0450. The molecule has 0 spiro atoms. The molecular weight excluding hydrogens is 314 g/mol. The number of carbonyl (C=O) groups is 1. The van der Waals surface area contributed by atoms with E-state index in [1.165, 1.54) is 11.1 Å². The zero-order valence-electron chi connectivity index (χ0n) is 14.4. The zero-order chi connectivity index (χ0) is 17.1. The molecule has 5 heteroatoms. The van der Waals surface area contributed by atoms with E-state index in [9.17, 15) is 4.79 Å². The first-order valence-electron chi connectivity index (χ1n) is 8.96. The fourth-order valence-electron chi connectivity index (χ4n) is 3.54. The number of nitrogens with zero attached hydrogens (tertiary/aromatic N) is 3. The van der Waals surface area contributed by atoms with Crippen molar-refractivity contribution in [1.29, 1.82) is 0 Å². The summed E-state index contributed by atoms with van der Waals surface area (Å²) in [5.41, 5.74) is 3.46. The van der Waals surface area contributed by atoms with Gasteiger partial charge in [-0.2, -0.15) is 0 Å². The van der Waals surface area contributed by atoms with Crippen LogP contribution in [0.4, 0.5) is 5.82 Å². The van der Waals surface area contributed by atoms with Crippen molar-refractivity contribution in [2.24, 2.45) is 0 Å². The average molecular weight is 337 g/mol. The molecule has 0 unspecified atom stereocenters. The highest BCUT2D eigenvalue weighted by molar-refractivity contribution is 5.94. The van der Waals surface area contributed by atoms with Gasteiger partial charge in [0.15, 0.2) is 0 Å². The van der Waals surface area contributed by atoms with Crippen LogP contribution >= 0.6 is 0 Å². The lowest BCUT2D eigenvalue weighted by Gasteiger charge is -2.27. The molecule has 2 aliphatic heterocycles. The largest absolute Gasteiger partial charge is 0.378 e. The van der Waals surface area contributed by atoms with Gasteiger partial charge in [0.2, 0.25) is 0 Å². The molecule has 4 rings (SSSR count). The van der Waals surface area contributed by atoms with Crippen molar-refractivity contribution < 1.29 is 9.53 Å². The van der Waals surface area contributed by atoms with Crippen molar-refractivity contribution in [3.63, 3.8) is 0 Å². The summed E-state index contributed by atoms with van der Waals surface area (Å²) in [5.74, 6) is 0.985. The normalized spacial score (nSPS) is 17.8. The molecule has 1 aromatic heterocycles. The Hall–Kier alpha value is -2.40. The summed E-state index contributed by atoms with van der Waals surface area (Å²) in [4.78, 5) is 21.2. The van der Waals surface area contributed by atoms with Gasteiger partial charge >= 0.3 is 0 Å². The van der Waals surface area contributed by atoms with E-state index >= 15 is 0 Å². The van der Waals surface area contributed by atoms with Gasteiger partial charge < -0.3 is 14.5 Å². The van der Waals surface area contributed by atoms with E-state index in [1.807, 2.05) is 17.0 Å². The van der Waals surface area contributed by atoms with Crippen molar-refractivity contribution in [3.05, 3.63) is 59.3 Å². The number of carbonyl (C=O) groups excluding carboxylic acids is 1. The third-order valence-electron chi connectivity index (χ3n) is 4.97. The van der Waals surface area contributed by atoms with Gasteiger partial charge in [0.05, 0.1) is 18.8 Å². The molecule has 0 atom stereocenters. The van der Waals surface area contributed by atoms with Gasteiger partial charge in [-0.05, 0) is 36.1 Å². The molecule has 2 aromatic rings. The number of pyridine rings is 1. The number of aryl methyl sites for hydroxylation is 1. The van der Waals surface area contributed by atoms with Gasteiger partial charge in [-0.1, -0.05) is 24.3 Å². The molecule has 0 N–H and O–H groups in total. The number of hydrogen-bond acceptors (Lipinski definition) is 4. The van der Waals surface area contributed by atoms with Crippen LogP contribution in [0.2, 0.25) is 0 Å². The fourth-order valence-corrected chi connectivity index (χ4v) is 3.54. The Kier molecular flexibility index (Phi) is 4.65. The van der Waals surface area contributed by atoms with Crippen molar-refractivity contribution in [2.45, 2.75) is 19.4 Å². The van der Waals surface area contributed by atoms with Crippen molar-refractivity contribution in [2.75, 3.05) is 37.7 Å². The summed E-state index contributed by atoms with van der Waals surface area (Å²) < 4.78 is 5.31. The average Bonchev–Trinajstić information content (AvgIpc) is 2.91. The van der Waals surface area contributed by atoms with E-state index in [0.717, 1.165) is 31.7 Å². The lowest BCUT2D eigenvalue weighted by molar-refractivity contribution is 0.0302. The van der Waals surface area contributed by atoms with Gasteiger partial charge in [0.1, 0.15) is 5.82 Å². The first-order valence-corrected chi connectivity index (χ1v) is 8.96. The van der Waals surface area contributed by atoms with Gasteiger partial charge in [-0.25, -0.2) is 4.98 Å². The predicted molar refractivity (Wildman–Crippen MR) is 96.8 cm³/mol. The van der Waals surface area contributed by atoms with Crippen LogP contribution < -0.4 is 4.90 Å². The van der Waals surface area contributed by atoms with Crippen LogP contribution in [0.15, 0.2) is 42.6 Å². The molecule has 0 radical (unpaired) electrons. The van der Waals surface area contributed by atoms with Crippen LogP contribution in [-0.4, -0.2) is 48.6 Å². The molecule has 5 nitrogen and oxygen atoms in total. The number of aromatic nitrogens is 1. The van der Waals surface area contributed by atoms with E-state index in [4.69, 9.17) is 4.74 Å². The quantitative estimate of drug-likeness (QED) is 0.845. The Bertz CT molecular complexity index is 739. The van der Waals surface area contributed by atoms with Crippen LogP contribution in [0.5, 0.6) is 0 Å². The van der Waals surface area contributed by atoms with Gasteiger partial charge in [-0.15, -0.1) is 0 Å². The summed E-state index contributed by atoms with van der Waals surface area (Å²) in [6.45, 7) is 4.40. The number of rotatable bonds is 2. The highest BCUT2D eigenvalue weighted by Gasteiger charge is 2.20. The second-order valence-electron chi connectivity index (χ2n) is 6.60. The molecule has 2 aliphatic rings. The van der Waals surface area contributed by atoms with Gasteiger partial charge in [0, 0.05) is 32.4 Å². The Balaban J connectivity index is 1.49. The van der Waals surface area contributed by atoms with Crippen LogP contribution in [0.1, 0.15) is 27.9 Å². The summed E-state index contributed by atoms with van der Waals surface area (Å²) in [7, 11) is 0. The molecule has 1 saturated heterocycles. The molecule has 3 heterocycles. The number of amides is 1. The number of benzene rings is 1. The Morgan fingerprint density at radius 1 is 1.00 bits per heavy atom.